The summed E-state index contributed by atoms with van der Waals surface area (Å²) >= 11 is 0. The summed E-state index contributed by atoms with van der Waals surface area (Å²) in [5, 5.41) is 29.6. The van der Waals surface area contributed by atoms with Crippen molar-refractivity contribution in [3.8, 4) is 5.75 Å². The molecule has 0 aromatic heterocycles. The van der Waals surface area contributed by atoms with E-state index in [0.29, 0.717) is 30.2 Å². The highest BCUT2D eigenvalue weighted by Gasteiger charge is 2.49. The highest BCUT2D eigenvalue weighted by Crippen LogP contribution is 2.57. The minimum atomic E-state index is -0.915. The Hall–Kier alpha value is -1.75. The van der Waals surface area contributed by atoms with Gasteiger partial charge in [-0.3, -0.25) is 0 Å². The minimum absolute atomic E-state index is 0.112. The number of amides is 1. The third kappa shape index (κ3) is 2.78. The first-order valence-electron chi connectivity index (χ1n) is 9.40. The molecule has 5 nitrogen and oxygen atoms in total. The van der Waals surface area contributed by atoms with Gasteiger partial charge in [-0.2, -0.15) is 0 Å². The molecule has 4 rings (SSSR count). The number of nitrogens with zero attached hydrogens (tertiary/aromatic N) is 1. The first-order valence-corrected chi connectivity index (χ1v) is 9.40. The van der Waals surface area contributed by atoms with E-state index in [4.69, 9.17) is 0 Å². The van der Waals surface area contributed by atoms with E-state index in [1.807, 2.05) is 12.1 Å². The topological polar surface area (TPSA) is 81.0 Å². The molecule has 0 aliphatic heterocycles. The number of aliphatic hydroxyl groups excluding tert-OH is 1. The lowest BCUT2D eigenvalue weighted by Crippen LogP contribution is -2.40. The van der Waals surface area contributed by atoms with Crippen molar-refractivity contribution in [3.05, 3.63) is 29.3 Å². The fraction of sp³-hybridized carbons (Fsp3) is 0.650. The van der Waals surface area contributed by atoms with Gasteiger partial charge in [0.25, 0.3) is 0 Å². The summed E-state index contributed by atoms with van der Waals surface area (Å²) in [4.78, 5) is 12.7. The Morgan fingerprint density at radius 1 is 1.12 bits per heavy atom. The molecule has 1 aromatic carbocycles. The zero-order valence-corrected chi connectivity index (χ0v) is 14.6. The van der Waals surface area contributed by atoms with Crippen LogP contribution in [0.4, 0.5) is 4.79 Å². The SMILES string of the molecule is CN(C[C@@H]1C[C@@H]2[C@H](CCC3[C@H]2CC[C@@H]3O)c2ccc(O)cc21)C(=O)O. The standard InChI is InChI=1S/C20H27NO4/c1-21(20(24)25)10-11-8-18-14(13-3-2-12(22)9-17(11)13)4-5-16-15(18)6-7-19(16)23/h2-3,9,11,14-16,18-19,22-23H,4-8,10H2,1H3,(H,24,25)/t11-,14+,15+,16?,18+,19-/m0/s1. The molecule has 2 fully saturated rings. The van der Waals surface area contributed by atoms with E-state index < -0.39 is 6.09 Å². The Balaban J connectivity index is 1.69. The van der Waals surface area contributed by atoms with E-state index >= 15 is 0 Å². The quantitative estimate of drug-likeness (QED) is 0.768. The highest BCUT2D eigenvalue weighted by molar-refractivity contribution is 5.64. The van der Waals surface area contributed by atoms with Crippen molar-refractivity contribution in [2.75, 3.05) is 13.6 Å². The maximum absolute atomic E-state index is 11.3. The maximum atomic E-state index is 11.3. The van der Waals surface area contributed by atoms with Gasteiger partial charge < -0.3 is 20.2 Å². The van der Waals surface area contributed by atoms with Gasteiger partial charge in [-0.1, -0.05) is 6.07 Å². The Kier molecular flexibility index (Phi) is 4.14. The van der Waals surface area contributed by atoms with E-state index in [9.17, 15) is 20.1 Å². The summed E-state index contributed by atoms with van der Waals surface area (Å²) in [5.74, 6) is 2.32. The van der Waals surface area contributed by atoms with Gasteiger partial charge in [-0.25, -0.2) is 4.79 Å². The smallest absolute Gasteiger partial charge is 0.407 e. The monoisotopic (exact) mass is 345 g/mol. The molecule has 3 N–H and O–H groups in total. The van der Waals surface area contributed by atoms with Gasteiger partial charge in [0.15, 0.2) is 0 Å². The number of phenols is 1. The van der Waals surface area contributed by atoms with Crippen LogP contribution in [0.5, 0.6) is 5.75 Å². The van der Waals surface area contributed by atoms with Crippen molar-refractivity contribution in [2.24, 2.45) is 17.8 Å². The largest absolute Gasteiger partial charge is 0.508 e. The van der Waals surface area contributed by atoms with Crippen molar-refractivity contribution in [2.45, 2.75) is 50.0 Å². The fourth-order valence-corrected chi connectivity index (χ4v) is 5.91. The van der Waals surface area contributed by atoms with E-state index in [-0.39, 0.29) is 17.8 Å². The van der Waals surface area contributed by atoms with E-state index in [1.165, 1.54) is 10.5 Å². The van der Waals surface area contributed by atoms with Crippen LogP contribution in [0.15, 0.2) is 18.2 Å². The van der Waals surface area contributed by atoms with Crippen LogP contribution in [-0.4, -0.2) is 46.0 Å². The lowest BCUT2D eigenvalue weighted by Gasteiger charge is -2.47. The number of benzene rings is 1. The van der Waals surface area contributed by atoms with Crippen LogP contribution in [0.25, 0.3) is 0 Å². The van der Waals surface area contributed by atoms with Gasteiger partial charge in [0.05, 0.1) is 6.10 Å². The molecule has 0 spiro atoms. The molecule has 1 unspecified atom stereocenters. The number of aliphatic hydroxyl groups is 1. The van der Waals surface area contributed by atoms with Crippen LogP contribution in [0, 0.1) is 17.8 Å². The second-order valence-electron chi connectivity index (χ2n) is 8.23. The van der Waals surface area contributed by atoms with Crippen molar-refractivity contribution < 1.29 is 20.1 Å². The van der Waals surface area contributed by atoms with Crippen molar-refractivity contribution in [1.29, 1.82) is 0 Å². The maximum Gasteiger partial charge on any atom is 0.407 e. The summed E-state index contributed by atoms with van der Waals surface area (Å²) in [6, 6.07) is 5.64. The van der Waals surface area contributed by atoms with Crippen LogP contribution >= 0.6 is 0 Å². The van der Waals surface area contributed by atoms with Crippen LogP contribution in [0.1, 0.15) is 55.1 Å². The van der Waals surface area contributed by atoms with E-state index in [0.717, 1.165) is 37.7 Å². The van der Waals surface area contributed by atoms with Crippen LogP contribution in [0.2, 0.25) is 0 Å². The fourth-order valence-electron chi connectivity index (χ4n) is 5.91. The molecule has 0 radical (unpaired) electrons. The average molecular weight is 345 g/mol. The molecule has 1 amide bonds. The normalized spacial score (nSPS) is 36.2. The third-order valence-corrected chi connectivity index (χ3v) is 7.00. The Bertz CT molecular complexity index is 676. The number of aromatic hydroxyl groups is 1. The number of carboxylic acid groups (broad SMARTS) is 1. The number of likely N-dealkylation sites (N-methyl/N-ethyl adjacent to an activating group) is 1. The molecule has 5 heteroatoms. The Morgan fingerprint density at radius 3 is 2.64 bits per heavy atom. The van der Waals surface area contributed by atoms with Gasteiger partial charge in [0, 0.05) is 19.5 Å². The number of hydrogen-bond acceptors (Lipinski definition) is 3. The summed E-state index contributed by atoms with van der Waals surface area (Å²) in [6.45, 7) is 0.453. The molecule has 0 bridgehead atoms. The van der Waals surface area contributed by atoms with Crippen LogP contribution in [-0.2, 0) is 0 Å². The zero-order chi connectivity index (χ0) is 17.7. The first-order chi connectivity index (χ1) is 12.0. The molecule has 0 saturated heterocycles. The summed E-state index contributed by atoms with van der Waals surface area (Å²) < 4.78 is 0. The van der Waals surface area contributed by atoms with Crippen molar-refractivity contribution in [1.82, 2.24) is 4.90 Å². The van der Waals surface area contributed by atoms with E-state index in [2.05, 4.69) is 0 Å². The predicted octanol–water partition coefficient (Wildman–Crippen LogP) is 3.37. The lowest BCUT2D eigenvalue weighted by molar-refractivity contribution is 0.0511. The highest BCUT2D eigenvalue weighted by atomic mass is 16.4. The molecule has 25 heavy (non-hydrogen) atoms. The average Bonchev–Trinajstić information content (AvgIpc) is 2.96. The summed E-state index contributed by atoms with van der Waals surface area (Å²) in [7, 11) is 1.61. The molecule has 136 valence electrons. The zero-order valence-electron chi connectivity index (χ0n) is 14.6. The lowest BCUT2D eigenvalue weighted by atomic mass is 9.58. The number of phenolic OH excluding ortho intramolecular Hbond substituents is 1. The number of fused-ring (bicyclic) bond motifs is 5. The number of rotatable bonds is 2. The molecule has 0 heterocycles. The number of carbonyl (C=O) groups is 1. The van der Waals surface area contributed by atoms with Crippen LogP contribution < -0.4 is 0 Å². The molecule has 1 aromatic rings. The molecular formula is C20H27NO4. The molecular weight excluding hydrogens is 318 g/mol. The van der Waals surface area contributed by atoms with Gasteiger partial charge in [0.2, 0.25) is 0 Å². The van der Waals surface area contributed by atoms with E-state index in [1.54, 1.807) is 13.1 Å². The number of hydrogen-bond donors (Lipinski definition) is 3. The summed E-state index contributed by atoms with van der Waals surface area (Å²) in [6.07, 6.45) is 4.03. The van der Waals surface area contributed by atoms with Gasteiger partial charge >= 0.3 is 6.09 Å². The van der Waals surface area contributed by atoms with Crippen molar-refractivity contribution >= 4 is 6.09 Å². The van der Waals surface area contributed by atoms with Crippen LogP contribution in [0.3, 0.4) is 0 Å². The predicted molar refractivity (Wildman–Crippen MR) is 93.8 cm³/mol. The molecule has 6 atom stereocenters. The first kappa shape index (κ1) is 16.7. The summed E-state index contributed by atoms with van der Waals surface area (Å²) in [5.41, 5.74) is 2.41. The third-order valence-electron chi connectivity index (χ3n) is 7.00. The molecule has 2 saturated carbocycles. The Morgan fingerprint density at radius 2 is 1.88 bits per heavy atom. The van der Waals surface area contributed by atoms with Gasteiger partial charge in [-0.15, -0.1) is 0 Å². The molecule has 3 aliphatic carbocycles. The minimum Gasteiger partial charge on any atom is -0.508 e. The second kappa shape index (κ2) is 6.20. The molecule has 3 aliphatic rings. The van der Waals surface area contributed by atoms with Gasteiger partial charge in [-0.05, 0) is 79.0 Å². The second-order valence-corrected chi connectivity index (χ2v) is 8.23. The Labute approximate surface area is 148 Å². The van der Waals surface area contributed by atoms with Gasteiger partial charge in [0.1, 0.15) is 5.75 Å². The van der Waals surface area contributed by atoms with Crippen molar-refractivity contribution in [3.63, 3.8) is 0 Å².